The van der Waals surface area contributed by atoms with Gasteiger partial charge in [-0.3, -0.25) is 9.91 Å². The number of unbranched alkanes of at least 4 members (excludes halogenated alkanes) is 1. The van der Waals surface area contributed by atoms with Crippen LogP contribution in [0.4, 0.5) is 9.18 Å². The highest BCUT2D eigenvalue weighted by molar-refractivity contribution is 6.31. The molecule has 3 atom stereocenters. The summed E-state index contributed by atoms with van der Waals surface area (Å²) in [6.45, 7) is 3.13. The van der Waals surface area contributed by atoms with Crippen LogP contribution in [-0.2, 0) is 6.54 Å². The molecule has 174 valence electrons. The summed E-state index contributed by atoms with van der Waals surface area (Å²) in [4.78, 5) is 14.7. The van der Waals surface area contributed by atoms with E-state index < -0.39 is 5.82 Å². The number of hydrogen-bond acceptors (Lipinski definition) is 5. The quantitative estimate of drug-likeness (QED) is 0.581. The van der Waals surface area contributed by atoms with E-state index in [-0.39, 0.29) is 30.8 Å². The number of hydrazine groups is 2. The fourth-order valence-corrected chi connectivity index (χ4v) is 4.73. The molecule has 0 bridgehead atoms. The zero-order chi connectivity index (χ0) is 22.9. The average Bonchev–Trinajstić information content (AvgIpc) is 3.38. The minimum atomic E-state index is -0.399. The lowest BCUT2D eigenvalue weighted by molar-refractivity contribution is 0.132. The Hall–Kier alpha value is -2.81. The molecule has 9 heteroatoms. The van der Waals surface area contributed by atoms with Gasteiger partial charge in [0.25, 0.3) is 0 Å². The Morgan fingerprint density at radius 3 is 2.73 bits per heavy atom. The minimum absolute atomic E-state index is 0.0538. The first-order valence-corrected chi connectivity index (χ1v) is 11.7. The minimum Gasteiger partial charge on any atom is -0.494 e. The highest BCUT2D eigenvalue weighted by Gasteiger charge is 2.48. The smallest absolute Gasteiger partial charge is 0.340 e. The molecule has 7 nitrogen and oxygen atoms in total. The average molecular weight is 472 g/mol. The number of amides is 2. The highest BCUT2D eigenvalue weighted by atomic mass is 35.5. The van der Waals surface area contributed by atoms with Crippen LogP contribution in [0.25, 0.3) is 0 Å². The van der Waals surface area contributed by atoms with Crippen molar-refractivity contribution in [3.05, 3.63) is 76.8 Å². The molecule has 2 aromatic carbocycles. The van der Waals surface area contributed by atoms with Crippen LogP contribution in [-0.4, -0.2) is 39.8 Å². The van der Waals surface area contributed by atoms with Gasteiger partial charge in [-0.25, -0.2) is 20.0 Å². The zero-order valence-corrected chi connectivity index (χ0v) is 19.1. The topological polar surface area (TPSA) is 60.1 Å². The molecule has 5 rings (SSSR count). The molecule has 2 N–H and O–H groups in total. The van der Waals surface area contributed by atoms with Crippen LogP contribution < -0.4 is 15.6 Å². The van der Waals surface area contributed by atoms with Gasteiger partial charge in [0.1, 0.15) is 17.7 Å². The number of carbonyl (C=O) groups excluding carboxylic acids is 1. The molecule has 0 radical (unpaired) electrons. The summed E-state index contributed by atoms with van der Waals surface area (Å²) in [6.07, 6.45) is 6.45. The van der Waals surface area contributed by atoms with Gasteiger partial charge in [-0.2, -0.15) is 0 Å². The Morgan fingerprint density at radius 2 is 1.97 bits per heavy atom. The number of benzene rings is 2. The van der Waals surface area contributed by atoms with Gasteiger partial charge < -0.3 is 9.75 Å². The van der Waals surface area contributed by atoms with E-state index in [0.717, 1.165) is 31.6 Å². The van der Waals surface area contributed by atoms with E-state index in [1.807, 2.05) is 18.3 Å². The van der Waals surface area contributed by atoms with Gasteiger partial charge in [-0.1, -0.05) is 43.1 Å². The largest absolute Gasteiger partial charge is 0.494 e. The number of nitrogens with one attached hydrogen (secondary N) is 2. The Morgan fingerprint density at radius 1 is 1.15 bits per heavy atom. The van der Waals surface area contributed by atoms with E-state index in [2.05, 4.69) is 34.9 Å². The van der Waals surface area contributed by atoms with Crippen molar-refractivity contribution in [1.29, 1.82) is 0 Å². The maximum absolute atomic E-state index is 13.4. The van der Waals surface area contributed by atoms with Crippen molar-refractivity contribution in [2.45, 2.75) is 51.0 Å². The predicted molar refractivity (Wildman–Crippen MR) is 123 cm³/mol. The SMILES string of the molecule is CCCCOc1ccc(C2CC3C4NN(Cc5ccc(F)cc5Cl)C(=O)N4C=CN3N2)cc1. The van der Waals surface area contributed by atoms with E-state index >= 15 is 0 Å². The van der Waals surface area contributed by atoms with Gasteiger partial charge in [-0.15, -0.1) is 0 Å². The number of hydrogen-bond donors (Lipinski definition) is 2. The van der Waals surface area contributed by atoms with Crippen LogP contribution in [0.15, 0.2) is 54.9 Å². The molecule has 2 saturated heterocycles. The first kappa shape index (κ1) is 22.0. The molecular formula is C24H27ClFN5O2. The van der Waals surface area contributed by atoms with E-state index in [4.69, 9.17) is 16.3 Å². The van der Waals surface area contributed by atoms with Gasteiger partial charge in [0.2, 0.25) is 0 Å². The van der Waals surface area contributed by atoms with E-state index in [0.29, 0.717) is 10.6 Å². The summed E-state index contributed by atoms with van der Waals surface area (Å²) >= 11 is 6.17. The highest BCUT2D eigenvalue weighted by Crippen LogP contribution is 2.35. The summed E-state index contributed by atoms with van der Waals surface area (Å²) < 4.78 is 19.1. The molecule has 0 aliphatic carbocycles. The summed E-state index contributed by atoms with van der Waals surface area (Å²) in [5.41, 5.74) is 8.71. The van der Waals surface area contributed by atoms with Gasteiger partial charge in [-0.05, 0) is 48.2 Å². The summed E-state index contributed by atoms with van der Waals surface area (Å²) in [7, 11) is 0. The van der Waals surface area contributed by atoms with Crippen LogP contribution in [0.2, 0.25) is 5.02 Å². The Balaban J connectivity index is 1.25. The van der Waals surface area contributed by atoms with Crippen molar-refractivity contribution < 1.29 is 13.9 Å². The van der Waals surface area contributed by atoms with Crippen LogP contribution >= 0.6 is 11.6 Å². The number of halogens is 2. The third-order valence-electron chi connectivity index (χ3n) is 6.32. The molecule has 3 unspecified atom stereocenters. The van der Waals surface area contributed by atoms with Crippen molar-refractivity contribution in [2.75, 3.05) is 6.61 Å². The standard InChI is InChI=1S/C24H27ClFN5O2/c1-2-3-12-33-19-8-5-16(6-9-19)21-14-22-23-28-31(15-17-4-7-18(26)13-20(17)25)24(32)29(23)10-11-30(22)27-21/h4-11,13,21-23,27-28H,2-3,12,14-15H2,1H3. The second-order valence-electron chi connectivity index (χ2n) is 8.55. The molecule has 3 aliphatic heterocycles. The van der Waals surface area contributed by atoms with Crippen molar-refractivity contribution in [3.8, 4) is 5.75 Å². The molecule has 2 aromatic rings. The fraction of sp³-hybridized carbons (Fsp3) is 0.375. The predicted octanol–water partition coefficient (Wildman–Crippen LogP) is 4.53. The van der Waals surface area contributed by atoms with Crippen molar-refractivity contribution in [2.24, 2.45) is 0 Å². The van der Waals surface area contributed by atoms with Crippen LogP contribution in [0, 0.1) is 5.82 Å². The number of rotatable bonds is 7. The normalized spacial score (nSPS) is 23.8. The number of fused-ring (bicyclic) bond motifs is 3. The molecule has 3 heterocycles. The Labute approximate surface area is 197 Å². The Kier molecular flexibility index (Phi) is 6.14. The lowest BCUT2D eigenvalue weighted by Crippen LogP contribution is -2.53. The van der Waals surface area contributed by atoms with Gasteiger partial charge in [0.05, 0.1) is 25.2 Å². The van der Waals surface area contributed by atoms with Crippen molar-refractivity contribution >= 4 is 17.6 Å². The van der Waals surface area contributed by atoms with Crippen molar-refractivity contribution in [1.82, 2.24) is 25.8 Å². The maximum Gasteiger partial charge on any atom is 0.340 e. The lowest BCUT2D eigenvalue weighted by Gasteiger charge is -2.34. The molecule has 2 fully saturated rings. The van der Waals surface area contributed by atoms with Gasteiger partial charge in [0.15, 0.2) is 0 Å². The molecule has 3 aliphatic rings. The first-order chi connectivity index (χ1) is 16.0. The van der Waals surface area contributed by atoms with Crippen LogP contribution in [0.1, 0.15) is 43.4 Å². The van der Waals surface area contributed by atoms with Crippen molar-refractivity contribution in [3.63, 3.8) is 0 Å². The second-order valence-corrected chi connectivity index (χ2v) is 8.95. The third kappa shape index (κ3) is 4.38. The molecule has 0 saturated carbocycles. The van der Waals surface area contributed by atoms with E-state index in [9.17, 15) is 9.18 Å². The molecule has 2 amide bonds. The lowest BCUT2D eigenvalue weighted by atomic mass is 10.00. The second kappa shape index (κ2) is 9.21. The van der Waals surface area contributed by atoms with Gasteiger partial charge in [0, 0.05) is 17.4 Å². The van der Waals surface area contributed by atoms with Crippen LogP contribution in [0.5, 0.6) is 5.75 Å². The summed E-state index contributed by atoms with van der Waals surface area (Å²) in [5.74, 6) is 0.483. The third-order valence-corrected chi connectivity index (χ3v) is 6.68. The zero-order valence-electron chi connectivity index (χ0n) is 18.4. The summed E-state index contributed by atoms with van der Waals surface area (Å²) in [6, 6.07) is 12.4. The van der Waals surface area contributed by atoms with Gasteiger partial charge >= 0.3 is 6.03 Å². The van der Waals surface area contributed by atoms with Crippen LogP contribution in [0.3, 0.4) is 0 Å². The maximum atomic E-state index is 13.4. The molecule has 0 aromatic heterocycles. The molecule has 33 heavy (non-hydrogen) atoms. The first-order valence-electron chi connectivity index (χ1n) is 11.3. The van der Waals surface area contributed by atoms with E-state index in [1.54, 1.807) is 17.2 Å². The Bertz CT molecular complexity index is 1050. The number of nitrogens with zero attached hydrogens (tertiary/aromatic N) is 3. The summed E-state index contributed by atoms with van der Waals surface area (Å²) in [5, 5.41) is 3.90. The fourth-order valence-electron chi connectivity index (χ4n) is 4.50. The number of carbonyl (C=O) groups is 1. The monoisotopic (exact) mass is 471 g/mol. The molecular weight excluding hydrogens is 445 g/mol. The van der Waals surface area contributed by atoms with E-state index in [1.165, 1.54) is 22.7 Å². The molecule has 0 spiro atoms. The number of ether oxygens (including phenoxy) is 1. The number of urea groups is 1.